The van der Waals surface area contributed by atoms with Crippen LogP contribution in [0, 0.1) is 0 Å². The lowest BCUT2D eigenvalue weighted by Gasteiger charge is -2.14. The number of carbonyl (C=O) groups is 1. The first-order chi connectivity index (χ1) is 9.62. The summed E-state index contributed by atoms with van der Waals surface area (Å²) in [7, 11) is 0. The van der Waals surface area contributed by atoms with Crippen molar-refractivity contribution in [3.63, 3.8) is 0 Å². The topological polar surface area (TPSA) is 73.6 Å². The van der Waals surface area contributed by atoms with E-state index in [-0.39, 0.29) is 18.3 Å². The third-order valence-corrected chi connectivity index (χ3v) is 3.17. The van der Waals surface area contributed by atoms with Gasteiger partial charge in [-0.2, -0.15) is 0 Å². The molecule has 1 rings (SSSR count). The molecule has 5 nitrogen and oxygen atoms in total. The van der Waals surface area contributed by atoms with Crippen molar-refractivity contribution in [2.75, 3.05) is 25.1 Å². The molecule has 0 aliphatic carbocycles. The minimum absolute atomic E-state index is 0. The summed E-state index contributed by atoms with van der Waals surface area (Å²) in [6.07, 6.45) is 1.07. The highest BCUT2D eigenvalue weighted by atomic mass is 79.9. The molecule has 7 heteroatoms. The lowest BCUT2D eigenvalue weighted by Crippen LogP contribution is -2.14. The number of amides is 1. The highest BCUT2D eigenvalue weighted by Gasteiger charge is 2.12. The second-order valence-electron chi connectivity index (χ2n) is 4.09. The van der Waals surface area contributed by atoms with Crippen molar-refractivity contribution in [1.29, 1.82) is 0 Å². The van der Waals surface area contributed by atoms with E-state index in [2.05, 4.69) is 21.2 Å². The van der Waals surface area contributed by atoms with Gasteiger partial charge in [0.15, 0.2) is 11.5 Å². The molecule has 0 bridgehead atoms. The lowest BCUT2D eigenvalue weighted by atomic mass is 10.2. The molecule has 0 radical (unpaired) electrons. The zero-order valence-corrected chi connectivity index (χ0v) is 14.7. The van der Waals surface area contributed by atoms with Crippen LogP contribution in [0.5, 0.6) is 11.5 Å². The molecular formula is C14H22BrClN2O3. The molecule has 0 saturated heterocycles. The van der Waals surface area contributed by atoms with Crippen LogP contribution in [0.2, 0.25) is 0 Å². The SMILES string of the molecule is CCOc1cc(Br)c(NC(=O)CCCN)cc1OCC.Cl. The summed E-state index contributed by atoms with van der Waals surface area (Å²) in [6.45, 7) is 5.39. The van der Waals surface area contributed by atoms with E-state index in [1.807, 2.05) is 13.8 Å². The average Bonchev–Trinajstić information content (AvgIpc) is 2.42. The van der Waals surface area contributed by atoms with E-state index in [0.29, 0.717) is 49.8 Å². The van der Waals surface area contributed by atoms with Crippen LogP contribution in [0.3, 0.4) is 0 Å². The molecule has 0 aliphatic heterocycles. The zero-order valence-electron chi connectivity index (χ0n) is 12.3. The Kier molecular flexibility index (Phi) is 10.2. The molecule has 21 heavy (non-hydrogen) atoms. The van der Waals surface area contributed by atoms with Crippen LogP contribution < -0.4 is 20.5 Å². The zero-order chi connectivity index (χ0) is 15.0. The maximum Gasteiger partial charge on any atom is 0.224 e. The lowest BCUT2D eigenvalue weighted by molar-refractivity contribution is -0.116. The molecule has 1 aromatic carbocycles. The minimum atomic E-state index is -0.0669. The van der Waals surface area contributed by atoms with Crippen molar-refractivity contribution in [3.8, 4) is 11.5 Å². The third-order valence-electron chi connectivity index (χ3n) is 2.52. The molecule has 0 saturated carbocycles. The molecule has 0 atom stereocenters. The summed E-state index contributed by atoms with van der Waals surface area (Å²) in [5.41, 5.74) is 6.06. The molecular weight excluding hydrogens is 360 g/mol. The fourth-order valence-corrected chi connectivity index (χ4v) is 2.06. The number of benzene rings is 1. The Morgan fingerprint density at radius 3 is 2.33 bits per heavy atom. The van der Waals surface area contributed by atoms with Gasteiger partial charge in [-0.15, -0.1) is 12.4 Å². The molecule has 120 valence electrons. The Balaban J connectivity index is 0.00000400. The van der Waals surface area contributed by atoms with Crippen molar-refractivity contribution >= 4 is 39.9 Å². The van der Waals surface area contributed by atoms with Crippen molar-refractivity contribution in [2.45, 2.75) is 26.7 Å². The summed E-state index contributed by atoms with van der Waals surface area (Å²) in [5.74, 6) is 1.20. The Morgan fingerprint density at radius 1 is 1.24 bits per heavy atom. The van der Waals surface area contributed by atoms with E-state index in [9.17, 15) is 4.79 Å². The van der Waals surface area contributed by atoms with E-state index >= 15 is 0 Å². The number of anilines is 1. The number of hydrogen-bond donors (Lipinski definition) is 2. The highest BCUT2D eigenvalue weighted by molar-refractivity contribution is 9.10. The van der Waals surface area contributed by atoms with Crippen molar-refractivity contribution in [2.24, 2.45) is 5.73 Å². The van der Waals surface area contributed by atoms with E-state index in [1.54, 1.807) is 12.1 Å². The number of hydrogen-bond acceptors (Lipinski definition) is 4. The third kappa shape index (κ3) is 6.54. The second kappa shape index (κ2) is 10.7. The first-order valence-electron chi connectivity index (χ1n) is 6.71. The molecule has 0 spiro atoms. The quantitative estimate of drug-likeness (QED) is 0.724. The van der Waals surface area contributed by atoms with E-state index < -0.39 is 0 Å². The number of ether oxygens (including phenoxy) is 2. The smallest absolute Gasteiger partial charge is 0.224 e. The largest absolute Gasteiger partial charge is 0.490 e. The molecule has 1 amide bonds. The van der Waals surface area contributed by atoms with Gasteiger partial charge in [0.1, 0.15) is 0 Å². The minimum Gasteiger partial charge on any atom is -0.490 e. The molecule has 3 N–H and O–H groups in total. The van der Waals surface area contributed by atoms with Gasteiger partial charge in [0.2, 0.25) is 5.91 Å². The molecule has 0 heterocycles. The Labute approximate surface area is 140 Å². The van der Waals surface area contributed by atoms with Gasteiger partial charge < -0.3 is 20.5 Å². The number of halogens is 2. The van der Waals surface area contributed by atoms with Gasteiger partial charge in [-0.05, 0) is 42.7 Å². The van der Waals surface area contributed by atoms with Gasteiger partial charge in [-0.25, -0.2) is 0 Å². The molecule has 0 fully saturated rings. The Bertz CT molecular complexity index is 458. The van der Waals surface area contributed by atoms with E-state index in [1.165, 1.54) is 0 Å². The first-order valence-corrected chi connectivity index (χ1v) is 7.50. The van der Waals surface area contributed by atoms with Crippen LogP contribution >= 0.6 is 28.3 Å². The fraction of sp³-hybridized carbons (Fsp3) is 0.500. The van der Waals surface area contributed by atoms with Gasteiger partial charge in [0, 0.05) is 23.0 Å². The molecule has 0 unspecified atom stereocenters. The van der Waals surface area contributed by atoms with Crippen molar-refractivity contribution in [1.82, 2.24) is 0 Å². The number of nitrogens with one attached hydrogen (secondary N) is 1. The maximum atomic E-state index is 11.7. The standard InChI is InChI=1S/C14H21BrN2O3.ClH/c1-3-19-12-8-10(15)11(9-13(12)20-4-2)17-14(18)6-5-7-16;/h8-9H,3-7,16H2,1-2H3,(H,17,18);1H. The molecule has 0 aromatic heterocycles. The highest BCUT2D eigenvalue weighted by Crippen LogP contribution is 2.36. The summed E-state index contributed by atoms with van der Waals surface area (Å²) >= 11 is 3.42. The fourth-order valence-electron chi connectivity index (χ4n) is 1.64. The monoisotopic (exact) mass is 380 g/mol. The number of nitrogens with two attached hydrogens (primary N) is 1. The van der Waals surface area contributed by atoms with Crippen molar-refractivity contribution < 1.29 is 14.3 Å². The van der Waals surface area contributed by atoms with E-state index in [0.717, 1.165) is 4.47 Å². The van der Waals surface area contributed by atoms with Crippen LogP contribution in [-0.2, 0) is 4.79 Å². The van der Waals surface area contributed by atoms with E-state index in [4.69, 9.17) is 15.2 Å². The second-order valence-corrected chi connectivity index (χ2v) is 4.94. The van der Waals surface area contributed by atoms with Crippen LogP contribution in [0.25, 0.3) is 0 Å². The van der Waals surface area contributed by atoms with Gasteiger partial charge >= 0.3 is 0 Å². The Morgan fingerprint density at radius 2 is 1.81 bits per heavy atom. The molecule has 1 aromatic rings. The summed E-state index contributed by atoms with van der Waals surface area (Å²) in [6, 6.07) is 3.56. The summed E-state index contributed by atoms with van der Waals surface area (Å²) in [4.78, 5) is 11.7. The maximum absolute atomic E-state index is 11.7. The van der Waals surface area contributed by atoms with Crippen LogP contribution in [0.15, 0.2) is 16.6 Å². The van der Waals surface area contributed by atoms with Crippen molar-refractivity contribution in [3.05, 3.63) is 16.6 Å². The normalized spacial score (nSPS) is 9.71. The van der Waals surface area contributed by atoms with Crippen LogP contribution in [0.1, 0.15) is 26.7 Å². The summed E-state index contributed by atoms with van der Waals surface area (Å²) < 4.78 is 11.8. The predicted octanol–water partition coefficient (Wildman–Crippen LogP) is 3.35. The first kappa shape index (κ1) is 20.0. The number of rotatable bonds is 8. The average molecular weight is 382 g/mol. The van der Waals surface area contributed by atoms with Gasteiger partial charge in [0.25, 0.3) is 0 Å². The number of carbonyl (C=O) groups excluding carboxylic acids is 1. The van der Waals surface area contributed by atoms with Gasteiger partial charge in [-0.1, -0.05) is 0 Å². The van der Waals surface area contributed by atoms with Crippen LogP contribution in [-0.4, -0.2) is 25.7 Å². The van der Waals surface area contributed by atoms with Gasteiger partial charge in [-0.3, -0.25) is 4.79 Å². The predicted molar refractivity (Wildman–Crippen MR) is 90.6 cm³/mol. The summed E-state index contributed by atoms with van der Waals surface area (Å²) in [5, 5.41) is 2.84. The van der Waals surface area contributed by atoms with Gasteiger partial charge in [0.05, 0.1) is 18.9 Å². The molecule has 0 aliphatic rings. The van der Waals surface area contributed by atoms with Crippen LogP contribution in [0.4, 0.5) is 5.69 Å². The Hall–Kier alpha value is -0.980.